The third-order valence-electron chi connectivity index (χ3n) is 4.40. The summed E-state index contributed by atoms with van der Waals surface area (Å²) in [5.74, 6) is -1.15. The SMILES string of the molecule is CC1(Cn2c(=S)[nH]c3c(F)cc(F)cc32)CCCCC1. The van der Waals surface area contributed by atoms with Crippen molar-refractivity contribution in [1.82, 2.24) is 9.55 Å². The summed E-state index contributed by atoms with van der Waals surface area (Å²) in [6, 6.07) is 2.25. The number of rotatable bonds is 2. The molecule has 20 heavy (non-hydrogen) atoms. The maximum atomic E-state index is 13.8. The van der Waals surface area contributed by atoms with Gasteiger partial charge >= 0.3 is 0 Å². The molecule has 1 N–H and O–H groups in total. The van der Waals surface area contributed by atoms with Crippen molar-refractivity contribution >= 4 is 23.3 Å². The Morgan fingerprint density at radius 3 is 2.65 bits per heavy atom. The minimum atomic E-state index is -0.585. The highest BCUT2D eigenvalue weighted by Crippen LogP contribution is 2.38. The number of hydrogen-bond acceptors (Lipinski definition) is 1. The second kappa shape index (κ2) is 4.95. The second-order valence-corrected chi connectivity index (χ2v) is 6.56. The van der Waals surface area contributed by atoms with Gasteiger partial charge < -0.3 is 9.55 Å². The molecule has 0 atom stereocenters. The number of nitrogens with zero attached hydrogens (tertiary/aromatic N) is 1. The summed E-state index contributed by atoms with van der Waals surface area (Å²) < 4.78 is 29.6. The predicted octanol–water partition coefficient (Wildman–Crippen LogP) is 4.95. The minimum Gasteiger partial charge on any atom is -0.328 e. The first kappa shape index (κ1) is 13.7. The van der Waals surface area contributed by atoms with Crippen LogP contribution < -0.4 is 0 Å². The van der Waals surface area contributed by atoms with Crippen molar-refractivity contribution in [2.75, 3.05) is 0 Å². The van der Waals surface area contributed by atoms with Gasteiger partial charge in [-0.1, -0.05) is 26.2 Å². The molecule has 1 aliphatic carbocycles. The number of nitrogens with one attached hydrogen (secondary N) is 1. The van der Waals surface area contributed by atoms with E-state index in [0.29, 0.717) is 22.3 Å². The number of halogens is 2. The summed E-state index contributed by atoms with van der Waals surface area (Å²) in [6.07, 6.45) is 5.99. The highest BCUT2D eigenvalue weighted by Gasteiger charge is 2.28. The van der Waals surface area contributed by atoms with Gasteiger partial charge in [-0.2, -0.15) is 0 Å². The largest absolute Gasteiger partial charge is 0.328 e. The monoisotopic (exact) mass is 296 g/mol. The first-order valence-corrected chi connectivity index (χ1v) is 7.47. The molecule has 2 nitrogen and oxygen atoms in total. The molecule has 1 fully saturated rings. The molecule has 0 spiro atoms. The van der Waals surface area contributed by atoms with Gasteiger partial charge in [0.2, 0.25) is 0 Å². The van der Waals surface area contributed by atoms with Crippen molar-refractivity contribution in [3.05, 3.63) is 28.5 Å². The molecule has 1 saturated carbocycles. The van der Waals surface area contributed by atoms with E-state index in [2.05, 4.69) is 11.9 Å². The molecule has 108 valence electrons. The summed E-state index contributed by atoms with van der Waals surface area (Å²) in [4.78, 5) is 2.87. The highest BCUT2D eigenvalue weighted by molar-refractivity contribution is 7.71. The highest BCUT2D eigenvalue weighted by atomic mass is 32.1. The molecule has 1 aliphatic rings. The van der Waals surface area contributed by atoms with Crippen LogP contribution in [0.4, 0.5) is 8.78 Å². The van der Waals surface area contributed by atoms with E-state index in [-0.39, 0.29) is 5.41 Å². The van der Waals surface area contributed by atoms with Crippen LogP contribution in [0.15, 0.2) is 12.1 Å². The number of fused-ring (bicyclic) bond motifs is 1. The first-order chi connectivity index (χ1) is 9.48. The molecule has 0 unspecified atom stereocenters. The van der Waals surface area contributed by atoms with Gasteiger partial charge in [-0.05, 0) is 36.5 Å². The van der Waals surface area contributed by atoms with Gasteiger partial charge in [0.25, 0.3) is 0 Å². The third-order valence-corrected chi connectivity index (χ3v) is 4.73. The summed E-state index contributed by atoms with van der Waals surface area (Å²) in [5.41, 5.74) is 0.990. The molecule has 5 heteroatoms. The quantitative estimate of drug-likeness (QED) is 0.778. The van der Waals surface area contributed by atoms with E-state index in [9.17, 15) is 8.78 Å². The van der Waals surface area contributed by atoms with Gasteiger partial charge in [-0.15, -0.1) is 0 Å². The van der Waals surface area contributed by atoms with Crippen molar-refractivity contribution < 1.29 is 8.78 Å². The van der Waals surface area contributed by atoms with Crippen molar-refractivity contribution in [1.29, 1.82) is 0 Å². The number of H-pyrrole nitrogens is 1. The van der Waals surface area contributed by atoms with Gasteiger partial charge in [0.15, 0.2) is 10.6 Å². The van der Waals surface area contributed by atoms with Crippen molar-refractivity contribution in [3.63, 3.8) is 0 Å². The normalized spacial score (nSPS) is 18.6. The van der Waals surface area contributed by atoms with E-state index >= 15 is 0 Å². The topological polar surface area (TPSA) is 20.7 Å². The van der Waals surface area contributed by atoms with E-state index in [0.717, 1.165) is 18.9 Å². The van der Waals surface area contributed by atoms with Crippen LogP contribution in [0.1, 0.15) is 39.0 Å². The number of hydrogen-bond donors (Lipinski definition) is 1. The van der Waals surface area contributed by atoms with Crippen LogP contribution in [-0.4, -0.2) is 9.55 Å². The number of benzene rings is 1. The lowest BCUT2D eigenvalue weighted by atomic mass is 9.75. The molecule has 0 saturated heterocycles. The number of aromatic nitrogens is 2. The van der Waals surface area contributed by atoms with Crippen molar-refractivity contribution in [3.8, 4) is 0 Å². The Labute approximate surface area is 121 Å². The van der Waals surface area contributed by atoms with Gasteiger partial charge in [0, 0.05) is 12.6 Å². The maximum absolute atomic E-state index is 13.8. The Morgan fingerprint density at radius 1 is 1.25 bits per heavy atom. The van der Waals surface area contributed by atoms with Gasteiger partial charge in [0.05, 0.1) is 5.52 Å². The Kier molecular flexibility index (Phi) is 3.40. The summed E-state index contributed by atoms with van der Waals surface area (Å²) in [6.45, 7) is 2.96. The summed E-state index contributed by atoms with van der Waals surface area (Å²) >= 11 is 5.29. The Morgan fingerprint density at radius 2 is 1.95 bits per heavy atom. The predicted molar refractivity (Wildman–Crippen MR) is 78.2 cm³/mol. The summed E-state index contributed by atoms with van der Waals surface area (Å²) in [7, 11) is 0. The van der Waals surface area contributed by atoms with E-state index in [1.165, 1.54) is 25.3 Å². The molecule has 2 aromatic rings. The molecule has 0 amide bonds. The van der Waals surface area contributed by atoms with Crippen LogP contribution in [0.25, 0.3) is 11.0 Å². The maximum Gasteiger partial charge on any atom is 0.178 e. The van der Waals surface area contributed by atoms with Crippen LogP contribution in [0.2, 0.25) is 0 Å². The van der Waals surface area contributed by atoms with Gasteiger partial charge in [-0.25, -0.2) is 8.78 Å². The van der Waals surface area contributed by atoms with Gasteiger partial charge in [-0.3, -0.25) is 0 Å². The molecule has 1 heterocycles. The van der Waals surface area contributed by atoms with Crippen LogP contribution in [0, 0.1) is 21.8 Å². The Balaban J connectivity index is 2.07. The zero-order valence-corrected chi connectivity index (χ0v) is 12.3. The standard InChI is InChI=1S/C15H18F2N2S/c1-15(5-3-2-4-6-15)9-19-12-8-10(16)7-11(17)13(12)18-14(19)20/h7-8H,2-6,9H2,1H3,(H,18,20). The average molecular weight is 296 g/mol. The molecule has 0 radical (unpaired) electrons. The van der Waals surface area contributed by atoms with Crippen molar-refractivity contribution in [2.24, 2.45) is 5.41 Å². The van der Waals surface area contributed by atoms with Crippen LogP contribution in [0.3, 0.4) is 0 Å². The van der Waals surface area contributed by atoms with Crippen LogP contribution in [0.5, 0.6) is 0 Å². The lowest BCUT2D eigenvalue weighted by Gasteiger charge is -2.34. The van der Waals surface area contributed by atoms with E-state index in [1.807, 2.05) is 4.57 Å². The number of imidazole rings is 1. The molecule has 0 aliphatic heterocycles. The van der Waals surface area contributed by atoms with Crippen LogP contribution in [-0.2, 0) is 6.54 Å². The van der Waals surface area contributed by atoms with E-state index < -0.39 is 11.6 Å². The fourth-order valence-electron chi connectivity index (χ4n) is 3.28. The molecule has 0 bridgehead atoms. The molecule has 3 rings (SSSR count). The minimum absolute atomic E-state index is 0.161. The molecule has 1 aromatic heterocycles. The molecular weight excluding hydrogens is 278 g/mol. The Bertz CT molecular complexity index is 696. The fraction of sp³-hybridized carbons (Fsp3) is 0.533. The second-order valence-electron chi connectivity index (χ2n) is 6.17. The zero-order chi connectivity index (χ0) is 14.3. The zero-order valence-electron chi connectivity index (χ0n) is 11.5. The van der Waals surface area contributed by atoms with Crippen LogP contribution >= 0.6 is 12.2 Å². The lowest BCUT2D eigenvalue weighted by molar-refractivity contribution is 0.184. The van der Waals surface area contributed by atoms with Crippen molar-refractivity contribution in [2.45, 2.75) is 45.6 Å². The average Bonchev–Trinajstić information content (AvgIpc) is 2.68. The van der Waals surface area contributed by atoms with Gasteiger partial charge in [0.1, 0.15) is 11.3 Å². The number of aromatic amines is 1. The molecular formula is C15H18F2N2S. The third kappa shape index (κ3) is 2.39. The summed E-state index contributed by atoms with van der Waals surface area (Å²) in [5, 5.41) is 0. The first-order valence-electron chi connectivity index (χ1n) is 7.06. The lowest BCUT2D eigenvalue weighted by Crippen LogP contribution is -2.26. The van der Waals surface area contributed by atoms with E-state index in [4.69, 9.17) is 12.2 Å². The fourth-order valence-corrected chi connectivity index (χ4v) is 3.55. The smallest absolute Gasteiger partial charge is 0.178 e. The van der Waals surface area contributed by atoms with E-state index in [1.54, 1.807) is 0 Å². The molecule has 1 aromatic carbocycles. The Hall–Kier alpha value is -1.23.